The van der Waals surface area contributed by atoms with E-state index in [0.717, 1.165) is 55.6 Å². The molecule has 2 aliphatic carbocycles. The molecule has 2 atom stereocenters. The second kappa shape index (κ2) is 8.59. The average molecular weight is 414 g/mol. The van der Waals surface area contributed by atoms with Crippen LogP contribution in [0.3, 0.4) is 0 Å². The molecule has 7 nitrogen and oxygen atoms in total. The molecule has 154 valence electrons. The summed E-state index contributed by atoms with van der Waals surface area (Å²) in [6, 6.07) is 7.86. The molecule has 1 aromatic heterocycles. The summed E-state index contributed by atoms with van der Waals surface area (Å²) >= 11 is 1.09. The number of carbonyl (C=O) groups is 2. The average Bonchev–Trinajstić information content (AvgIpc) is 3.48. The van der Waals surface area contributed by atoms with Crippen LogP contribution in [0.25, 0.3) is 0 Å². The van der Waals surface area contributed by atoms with Crippen LogP contribution in [-0.4, -0.2) is 38.4 Å². The van der Waals surface area contributed by atoms with Gasteiger partial charge in [0.05, 0.1) is 5.69 Å². The normalized spacial score (nSPS) is 21.6. The van der Waals surface area contributed by atoms with Gasteiger partial charge in [0.2, 0.25) is 5.91 Å². The summed E-state index contributed by atoms with van der Waals surface area (Å²) in [6.45, 7) is 2.34. The van der Waals surface area contributed by atoms with E-state index in [1.165, 1.54) is 0 Å². The second-order valence-corrected chi connectivity index (χ2v) is 8.85. The van der Waals surface area contributed by atoms with Crippen LogP contribution in [0.1, 0.15) is 59.5 Å². The van der Waals surface area contributed by atoms with Crippen molar-refractivity contribution in [2.75, 3.05) is 5.32 Å². The van der Waals surface area contributed by atoms with Gasteiger partial charge in [-0.25, -0.2) is 0 Å². The van der Waals surface area contributed by atoms with Crippen molar-refractivity contribution in [2.45, 2.75) is 64.1 Å². The molecule has 2 fully saturated rings. The monoisotopic (exact) mass is 413 g/mol. The van der Waals surface area contributed by atoms with Crippen LogP contribution in [0.2, 0.25) is 0 Å². The largest absolute Gasteiger partial charge is 0.334 e. The number of nitrogens with one attached hydrogen (secondary N) is 1. The minimum atomic E-state index is -0.205. The summed E-state index contributed by atoms with van der Waals surface area (Å²) in [4.78, 5) is 27.8. The van der Waals surface area contributed by atoms with Gasteiger partial charge in [-0.05, 0) is 61.8 Å². The predicted octanol–water partition coefficient (Wildman–Crippen LogP) is 3.11. The molecule has 0 aliphatic heterocycles. The van der Waals surface area contributed by atoms with Gasteiger partial charge in [0.1, 0.15) is 4.88 Å². The Morgan fingerprint density at radius 2 is 1.90 bits per heavy atom. The highest BCUT2D eigenvalue weighted by molar-refractivity contribution is 7.08. The number of aryl methyl sites for hydroxylation is 1. The van der Waals surface area contributed by atoms with Crippen molar-refractivity contribution in [3.63, 3.8) is 0 Å². The van der Waals surface area contributed by atoms with Gasteiger partial charge in [-0.2, -0.15) is 0 Å². The number of hydrogen-bond donors (Lipinski definition) is 2. The Labute approximate surface area is 174 Å². The first-order chi connectivity index (χ1) is 14.0. The van der Waals surface area contributed by atoms with E-state index in [9.17, 15) is 9.59 Å². The van der Waals surface area contributed by atoms with Crippen LogP contribution in [0.5, 0.6) is 0 Å². The second-order valence-electron chi connectivity index (χ2n) is 8.09. The number of rotatable bonds is 6. The quantitative estimate of drug-likeness (QED) is 0.758. The number of nitrogens with zero attached hydrogens (tertiary/aromatic N) is 3. The van der Waals surface area contributed by atoms with Crippen LogP contribution in [0, 0.1) is 12.8 Å². The maximum atomic E-state index is 12.9. The number of nitrogens with two attached hydrogens (primary N) is 1. The lowest BCUT2D eigenvalue weighted by Gasteiger charge is -2.38. The molecule has 0 radical (unpaired) electrons. The summed E-state index contributed by atoms with van der Waals surface area (Å²) in [5, 5.41) is 6.75. The van der Waals surface area contributed by atoms with E-state index >= 15 is 0 Å². The van der Waals surface area contributed by atoms with Crippen molar-refractivity contribution in [1.82, 2.24) is 14.5 Å². The van der Waals surface area contributed by atoms with Crippen molar-refractivity contribution >= 4 is 29.0 Å². The van der Waals surface area contributed by atoms with E-state index in [-0.39, 0.29) is 29.8 Å². The first-order valence-electron chi connectivity index (χ1n) is 10.3. The molecule has 2 amide bonds. The van der Waals surface area contributed by atoms with Crippen LogP contribution in [0.15, 0.2) is 24.3 Å². The minimum absolute atomic E-state index is 0.0567. The van der Waals surface area contributed by atoms with Gasteiger partial charge in [0.25, 0.3) is 5.91 Å². The smallest absolute Gasteiger partial charge is 0.269 e. The van der Waals surface area contributed by atoms with Crippen molar-refractivity contribution < 1.29 is 9.59 Å². The molecule has 1 aromatic carbocycles. The van der Waals surface area contributed by atoms with E-state index in [0.29, 0.717) is 22.8 Å². The molecule has 29 heavy (non-hydrogen) atoms. The zero-order valence-electron chi connectivity index (χ0n) is 16.6. The Balaban J connectivity index is 1.44. The Hall–Kier alpha value is -2.32. The topological polar surface area (TPSA) is 101 Å². The predicted molar refractivity (Wildman–Crippen MR) is 113 cm³/mol. The Bertz CT molecular complexity index is 877. The van der Waals surface area contributed by atoms with Gasteiger partial charge in [-0.15, -0.1) is 5.10 Å². The third kappa shape index (κ3) is 4.64. The van der Waals surface area contributed by atoms with Gasteiger partial charge in [0.15, 0.2) is 0 Å². The lowest BCUT2D eigenvalue weighted by Crippen LogP contribution is -2.52. The molecule has 2 aliphatic rings. The SMILES string of the molecule is Cc1nnsc1C(=O)Nc1ccc(CN(C(=O)C2CC2)C2CCCCC2N)cc1. The zero-order chi connectivity index (χ0) is 20.4. The number of benzene rings is 1. The molecule has 2 saturated carbocycles. The summed E-state index contributed by atoms with van der Waals surface area (Å²) in [7, 11) is 0. The van der Waals surface area contributed by atoms with E-state index in [1.54, 1.807) is 6.92 Å². The number of carbonyl (C=O) groups excluding carboxylic acids is 2. The molecule has 0 spiro atoms. The first kappa shape index (κ1) is 20.0. The number of hydrogen-bond acceptors (Lipinski definition) is 6. The minimum Gasteiger partial charge on any atom is -0.334 e. The summed E-state index contributed by atoms with van der Waals surface area (Å²) < 4.78 is 3.80. The van der Waals surface area contributed by atoms with Crippen LogP contribution >= 0.6 is 11.5 Å². The maximum Gasteiger partial charge on any atom is 0.269 e. The molecule has 3 N–H and O–H groups in total. The van der Waals surface area contributed by atoms with Gasteiger partial charge in [-0.1, -0.05) is 29.5 Å². The van der Waals surface area contributed by atoms with Gasteiger partial charge < -0.3 is 16.0 Å². The van der Waals surface area contributed by atoms with Crippen molar-refractivity contribution in [1.29, 1.82) is 0 Å². The Morgan fingerprint density at radius 3 is 2.52 bits per heavy atom. The number of anilines is 1. The maximum absolute atomic E-state index is 12.9. The molecule has 1 heterocycles. The highest BCUT2D eigenvalue weighted by Crippen LogP contribution is 2.34. The molecule has 2 aromatic rings. The third-order valence-electron chi connectivity index (χ3n) is 5.81. The number of amides is 2. The fourth-order valence-corrected chi connectivity index (χ4v) is 4.52. The van der Waals surface area contributed by atoms with Gasteiger partial charge in [0, 0.05) is 30.2 Å². The fraction of sp³-hybridized carbons (Fsp3) is 0.524. The molecule has 0 bridgehead atoms. The lowest BCUT2D eigenvalue weighted by molar-refractivity contribution is -0.136. The van der Waals surface area contributed by atoms with E-state index in [4.69, 9.17) is 5.73 Å². The van der Waals surface area contributed by atoms with Crippen molar-refractivity contribution in [3.8, 4) is 0 Å². The van der Waals surface area contributed by atoms with Gasteiger partial charge in [-0.3, -0.25) is 9.59 Å². The van der Waals surface area contributed by atoms with E-state index < -0.39 is 0 Å². The molecule has 0 saturated heterocycles. The van der Waals surface area contributed by atoms with Crippen LogP contribution in [0.4, 0.5) is 5.69 Å². The Morgan fingerprint density at radius 1 is 1.17 bits per heavy atom. The summed E-state index contributed by atoms with van der Waals surface area (Å²) in [6.07, 6.45) is 6.23. The highest BCUT2D eigenvalue weighted by Gasteiger charge is 2.38. The van der Waals surface area contributed by atoms with E-state index in [1.807, 2.05) is 29.2 Å². The lowest BCUT2D eigenvalue weighted by atomic mass is 9.89. The van der Waals surface area contributed by atoms with Crippen molar-refractivity contribution in [3.05, 3.63) is 40.4 Å². The molecule has 8 heteroatoms. The van der Waals surface area contributed by atoms with Crippen molar-refractivity contribution in [2.24, 2.45) is 11.7 Å². The van der Waals surface area contributed by atoms with Crippen LogP contribution in [-0.2, 0) is 11.3 Å². The molecule has 4 rings (SSSR count). The highest BCUT2D eigenvalue weighted by atomic mass is 32.1. The summed E-state index contributed by atoms with van der Waals surface area (Å²) in [5.74, 6) is 0.223. The molecular weight excluding hydrogens is 386 g/mol. The fourth-order valence-electron chi connectivity index (χ4n) is 3.97. The van der Waals surface area contributed by atoms with Gasteiger partial charge >= 0.3 is 0 Å². The standard InChI is InChI=1S/C21H27N5O2S/c1-13-19(29-25-24-13)20(27)23-16-10-6-14(7-11-16)12-26(21(28)15-8-9-15)18-5-3-2-4-17(18)22/h6-7,10-11,15,17-18H,2-5,8-9,12,22H2,1H3,(H,23,27). The Kier molecular flexibility index (Phi) is 5.91. The first-order valence-corrected chi connectivity index (χ1v) is 11.1. The zero-order valence-corrected chi connectivity index (χ0v) is 17.5. The van der Waals surface area contributed by atoms with E-state index in [2.05, 4.69) is 14.9 Å². The van der Waals surface area contributed by atoms with Crippen LogP contribution < -0.4 is 11.1 Å². The molecular formula is C21H27N5O2S. The third-order valence-corrected chi connectivity index (χ3v) is 6.64. The summed E-state index contributed by atoms with van der Waals surface area (Å²) in [5.41, 5.74) is 8.76. The molecule has 2 unspecified atom stereocenters. The number of aromatic nitrogens is 2.